The molecule has 2 heteroatoms. The third kappa shape index (κ3) is 1.74. The van der Waals surface area contributed by atoms with E-state index in [4.69, 9.17) is 5.11 Å². The molecular weight excluding hydrogens is 138 g/mol. The predicted octanol–water partition coefficient (Wildman–Crippen LogP) is 0.998. The Morgan fingerprint density at radius 1 is 1.36 bits per heavy atom. The summed E-state index contributed by atoms with van der Waals surface area (Å²) in [6.07, 6.45) is 3.78. The molecule has 1 aliphatic rings. The molecule has 0 saturated carbocycles. The number of quaternary nitrogens is 1. The second-order valence-electron chi connectivity index (χ2n) is 3.88. The first-order valence-corrected chi connectivity index (χ1v) is 4.68. The maximum atomic E-state index is 9.14. The molecule has 66 valence electrons. The van der Waals surface area contributed by atoms with Crippen molar-refractivity contribution in [2.75, 3.05) is 26.7 Å². The summed E-state index contributed by atoms with van der Waals surface area (Å²) >= 11 is 0. The van der Waals surface area contributed by atoms with Crippen LogP contribution in [0.25, 0.3) is 0 Å². The molecule has 2 nitrogen and oxygen atoms in total. The first-order valence-electron chi connectivity index (χ1n) is 4.68. The van der Waals surface area contributed by atoms with Gasteiger partial charge in [-0.25, -0.2) is 0 Å². The summed E-state index contributed by atoms with van der Waals surface area (Å²) in [5.41, 5.74) is 0. The first-order chi connectivity index (χ1) is 5.23. The highest BCUT2D eigenvalue weighted by molar-refractivity contribution is 4.60. The molecule has 1 atom stereocenters. The second kappa shape index (κ2) is 3.55. The van der Waals surface area contributed by atoms with Gasteiger partial charge in [-0.2, -0.15) is 0 Å². The zero-order valence-electron chi connectivity index (χ0n) is 7.71. The van der Waals surface area contributed by atoms with E-state index in [1.54, 1.807) is 0 Å². The molecule has 0 radical (unpaired) electrons. The van der Waals surface area contributed by atoms with Gasteiger partial charge in [0.15, 0.2) is 0 Å². The molecule has 0 amide bonds. The van der Waals surface area contributed by atoms with E-state index in [0.717, 1.165) is 10.9 Å². The Hall–Kier alpha value is -0.0800. The lowest BCUT2D eigenvalue weighted by atomic mass is 10.2. The Balaban J connectivity index is 2.53. The first kappa shape index (κ1) is 9.01. The van der Waals surface area contributed by atoms with Gasteiger partial charge in [0, 0.05) is 12.8 Å². The van der Waals surface area contributed by atoms with Crippen molar-refractivity contribution >= 4 is 0 Å². The van der Waals surface area contributed by atoms with Gasteiger partial charge in [-0.05, 0) is 6.42 Å². The Labute approximate surface area is 69.4 Å². The van der Waals surface area contributed by atoms with E-state index in [-0.39, 0.29) is 0 Å². The van der Waals surface area contributed by atoms with Crippen LogP contribution in [0.5, 0.6) is 0 Å². The van der Waals surface area contributed by atoms with Crippen LogP contribution in [0.15, 0.2) is 0 Å². The summed E-state index contributed by atoms with van der Waals surface area (Å²) in [5.74, 6) is 0. The van der Waals surface area contributed by atoms with Gasteiger partial charge in [0.2, 0.25) is 0 Å². The third-order valence-electron chi connectivity index (χ3n) is 3.15. The summed E-state index contributed by atoms with van der Waals surface area (Å²) in [5, 5.41) is 9.14. The minimum Gasteiger partial charge on any atom is -0.390 e. The van der Waals surface area contributed by atoms with Gasteiger partial charge >= 0.3 is 0 Å². The SMILES string of the molecule is CC[C@@H](CO)[N+]1(C)CCCC1. The average molecular weight is 158 g/mol. The van der Waals surface area contributed by atoms with Gasteiger partial charge in [-0.1, -0.05) is 6.92 Å². The summed E-state index contributed by atoms with van der Waals surface area (Å²) < 4.78 is 1.10. The molecule has 11 heavy (non-hydrogen) atoms. The number of aliphatic hydroxyl groups is 1. The van der Waals surface area contributed by atoms with E-state index in [0.29, 0.717) is 12.6 Å². The minimum atomic E-state index is 0.354. The Bertz CT molecular complexity index is 115. The average Bonchev–Trinajstić information content (AvgIpc) is 2.39. The fourth-order valence-corrected chi connectivity index (χ4v) is 2.19. The van der Waals surface area contributed by atoms with Crippen molar-refractivity contribution in [3.63, 3.8) is 0 Å². The van der Waals surface area contributed by atoms with Crippen molar-refractivity contribution in [1.29, 1.82) is 0 Å². The molecule has 1 heterocycles. The Morgan fingerprint density at radius 2 is 1.91 bits per heavy atom. The van der Waals surface area contributed by atoms with Crippen LogP contribution in [-0.2, 0) is 0 Å². The maximum absolute atomic E-state index is 9.14. The van der Waals surface area contributed by atoms with Crippen LogP contribution in [0, 0.1) is 0 Å². The van der Waals surface area contributed by atoms with Crippen molar-refractivity contribution in [2.24, 2.45) is 0 Å². The number of nitrogens with zero attached hydrogens (tertiary/aromatic N) is 1. The number of rotatable bonds is 3. The fourth-order valence-electron chi connectivity index (χ4n) is 2.19. The van der Waals surface area contributed by atoms with Crippen molar-refractivity contribution < 1.29 is 9.59 Å². The second-order valence-corrected chi connectivity index (χ2v) is 3.88. The smallest absolute Gasteiger partial charge is 0.112 e. The van der Waals surface area contributed by atoms with Gasteiger partial charge in [0.1, 0.15) is 6.04 Å². The number of likely N-dealkylation sites (N-methyl/N-ethyl adjacent to an activating group) is 1. The van der Waals surface area contributed by atoms with Crippen molar-refractivity contribution in [1.82, 2.24) is 0 Å². The number of likely N-dealkylation sites (tertiary alicyclic amines) is 1. The van der Waals surface area contributed by atoms with Crippen molar-refractivity contribution in [2.45, 2.75) is 32.2 Å². The largest absolute Gasteiger partial charge is 0.390 e. The predicted molar refractivity (Wildman–Crippen MR) is 46.3 cm³/mol. The molecule has 1 N–H and O–H groups in total. The molecule has 1 rings (SSSR count). The topological polar surface area (TPSA) is 20.2 Å². The quantitative estimate of drug-likeness (QED) is 0.607. The van der Waals surface area contributed by atoms with Crippen LogP contribution < -0.4 is 0 Å². The molecule has 1 fully saturated rings. The molecule has 0 bridgehead atoms. The maximum Gasteiger partial charge on any atom is 0.112 e. The molecular formula is C9H20NO+. The highest BCUT2D eigenvalue weighted by Gasteiger charge is 2.33. The monoisotopic (exact) mass is 158 g/mol. The van der Waals surface area contributed by atoms with E-state index in [2.05, 4.69) is 14.0 Å². The normalized spacial score (nSPS) is 25.4. The zero-order valence-corrected chi connectivity index (χ0v) is 7.71. The van der Waals surface area contributed by atoms with Gasteiger partial charge < -0.3 is 9.59 Å². The van der Waals surface area contributed by atoms with Crippen LogP contribution in [0.4, 0.5) is 0 Å². The van der Waals surface area contributed by atoms with Gasteiger partial charge in [0.05, 0.1) is 26.7 Å². The molecule has 0 unspecified atom stereocenters. The summed E-state index contributed by atoms with van der Waals surface area (Å²) in [7, 11) is 2.28. The van der Waals surface area contributed by atoms with Crippen LogP contribution in [-0.4, -0.2) is 42.4 Å². The Morgan fingerprint density at radius 3 is 2.27 bits per heavy atom. The lowest BCUT2D eigenvalue weighted by Gasteiger charge is -2.36. The molecule has 0 aromatic heterocycles. The molecule has 0 aliphatic carbocycles. The minimum absolute atomic E-state index is 0.354. The van der Waals surface area contributed by atoms with Crippen LogP contribution >= 0.6 is 0 Å². The van der Waals surface area contributed by atoms with E-state index < -0.39 is 0 Å². The molecule has 1 aliphatic heterocycles. The van der Waals surface area contributed by atoms with Crippen LogP contribution in [0.1, 0.15) is 26.2 Å². The van der Waals surface area contributed by atoms with Gasteiger partial charge in [-0.3, -0.25) is 0 Å². The van der Waals surface area contributed by atoms with E-state index >= 15 is 0 Å². The lowest BCUT2D eigenvalue weighted by molar-refractivity contribution is -0.922. The fraction of sp³-hybridized carbons (Fsp3) is 1.00. The van der Waals surface area contributed by atoms with Gasteiger partial charge in [0.25, 0.3) is 0 Å². The molecule has 0 spiro atoms. The number of hydrogen-bond donors (Lipinski definition) is 1. The van der Waals surface area contributed by atoms with Crippen molar-refractivity contribution in [3.8, 4) is 0 Å². The molecule has 0 aromatic carbocycles. The summed E-state index contributed by atoms with van der Waals surface area (Å²) in [6, 6.07) is 0.484. The Kier molecular flexibility index (Phi) is 2.90. The summed E-state index contributed by atoms with van der Waals surface area (Å²) in [6.45, 7) is 5.05. The zero-order chi connectivity index (χ0) is 8.32. The lowest BCUT2D eigenvalue weighted by Crippen LogP contribution is -2.51. The highest BCUT2D eigenvalue weighted by atomic mass is 16.3. The van der Waals surface area contributed by atoms with E-state index in [1.165, 1.54) is 25.9 Å². The van der Waals surface area contributed by atoms with E-state index in [9.17, 15) is 0 Å². The van der Waals surface area contributed by atoms with Gasteiger partial charge in [-0.15, -0.1) is 0 Å². The highest BCUT2D eigenvalue weighted by Crippen LogP contribution is 2.22. The molecule has 0 aromatic rings. The number of aliphatic hydroxyl groups excluding tert-OH is 1. The van der Waals surface area contributed by atoms with Crippen LogP contribution in [0.2, 0.25) is 0 Å². The third-order valence-corrected chi connectivity index (χ3v) is 3.15. The molecule has 1 saturated heterocycles. The van der Waals surface area contributed by atoms with Crippen LogP contribution in [0.3, 0.4) is 0 Å². The standard InChI is InChI=1S/C9H20NO/c1-3-9(8-11)10(2)6-4-5-7-10/h9,11H,3-8H2,1-2H3/q+1/t9-/m0/s1. The van der Waals surface area contributed by atoms with E-state index in [1.807, 2.05) is 0 Å². The number of hydrogen-bond acceptors (Lipinski definition) is 1. The summed E-state index contributed by atoms with van der Waals surface area (Å²) in [4.78, 5) is 0. The van der Waals surface area contributed by atoms with Crippen molar-refractivity contribution in [3.05, 3.63) is 0 Å².